The summed E-state index contributed by atoms with van der Waals surface area (Å²) in [7, 11) is -3.28. The van der Waals surface area contributed by atoms with Crippen LogP contribution in [0.1, 0.15) is 15.9 Å². The number of pyridine rings is 1. The molecule has 2 rings (SSSR count). The molecule has 0 fully saturated rings. The van der Waals surface area contributed by atoms with Gasteiger partial charge >= 0.3 is 5.97 Å². The molecule has 1 unspecified atom stereocenters. The van der Waals surface area contributed by atoms with E-state index in [-0.39, 0.29) is 22.0 Å². The van der Waals surface area contributed by atoms with Gasteiger partial charge in [0.25, 0.3) is 0 Å². The van der Waals surface area contributed by atoms with Crippen molar-refractivity contribution in [3.63, 3.8) is 0 Å². The normalized spacial score (nSPS) is 13.7. The molecule has 7 heteroatoms. The number of hydrogen-bond donors (Lipinski definition) is 3. The highest BCUT2D eigenvalue weighted by Crippen LogP contribution is 2.22. The van der Waals surface area contributed by atoms with Crippen LogP contribution >= 0.6 is 0 Å². The van der Waals surface area contributed by atoms with Gasteiger partial charge in [0.2, 0.25) is 0 Å². The van der Waals surface area contributed by atoms with Crippen LogP contribution in [0.4, 0.5) is 0 Å². The lowest BCUT2D eigenvalue weighted by atomic mass is 10.2. The number of benzene rings is 1. The highest BCUT2D eigenvalue weighted by atomic mass is 32.2. The van der Waals surface area contributed by atoms with Crippen molar-refractivity contribution in [2.45, 2.75) is 16.4 Å². The molecule has 0 bridgehead atoms. The Labute approximate surface area is 115 Å². The van der Waals surface area contributed by atoms with Crippen LogP contribution in [0.25, 0.3) is 0 Å². The van der Waals surface area contributed by atoms with Gasteiger partial charge in [0.1, 0.15) is 9.73 Å². The van der Waals surface area contributed by atoms with Gasteiger partial charge in [0.15, 0.2) is 0 Å². The fourth-order valence-electron chi connectivity index (χ4n) is 1.63. The van der Waals surface area contributed by atoms with Crippen molar-refractivity contribution >= 4 is 15.7 Å². The molecule has 0 aliphatic rings. The maximum Gasteiger partial charge on any atom is 0.335 e. The van der Waals surface area contributed by atoms with Crippen molar-refractivity contribution in [2.24, 2.45) is 0 Å². The van der Waals surface area contributed by atoms with Gasteiger partial charge in [0.05, 0.1) is 22.0 Å². The van der Waals surface area contributed by atoms with Gasteiger partial charge < -0.3 is 10.2 Å². The third-order valence-electron chi connectivity index (χ3n) is 2.72. The molecule has 1 aromatic heterocycles. The van der Waals surface area contributed by atoms with E-state index in [1.807, 2.05) is 0 Å². The summed E-state index contributed by atoms with van der Waals surface area (Å²) >= 11 is 0. The molecule has 0 spiro atoms. The number of aromatic nitrogens is 1. The summed E-state index contributed by atoms with van der Waals surface area (Å²) < 4.78 is 20.6. The van der Waals surface area contributed by atoms with E-state index in [2.05, 4.69) is 4.98 Å². The number of carbonyl (C=O) groups is 1. The highest BCUT2D eigenvalue weighted by Gasteiger charge is 2.15. The average Bonchev–Trinajstić information content (AvgIpc) is 2.47. The number of nitrogens with zero attached hydrogens (tertiary/aromatic N) is 1. The Hall–Kier alpha value is -2.25. The van der Waals surface area contributed by atoms with Crippen LogP contribution in [-0.4, -0.2) is 25.4 Å². The quantitative estimate of drug-likeness (QED) is 0.794. The molecule has 0 saturated carbocycles. The number of carboxylic acids is 1. The Morgan fingerprint density at radius 2 is 1.85 bits per heavy atom. The summed E-state index contributed by atoms with van der Waals surface area (Å²) in [5.41, 5.74) is 0.524. The number of aromatic carboxylic acids is 1. The second-order valence-electron chi connectivity index (χ2n) is 4.07. The molecule has 1 aromatic carbocycles. The molecular formula is C13H12N2O4S. The molecule has 2 aromatic rings. The van der Waals surface area contributed by atoms with Crippen LogP contribution < -0.4 is 0 Å². The first kappa shape index (κ1) is 14.2. The summed E-state index contributed by atoms with van der Waals surface area (Å²) in [5.74, 6) is -1.09. The smallest absolute Gasteiger partial charge is 0.335 e. The Morgan fingerprint density at radius 3 is 2.40 bits per heavy atom. The molecule has 1 heterocycles. The Balaban J connectivity index is 2.46. The number of aliphatic hydroxyl groups excluding tert-OH is 1. The van der Waals surface area contributed by atoms with E-state index in [0.717, 1.165) is 0 Å². The first-order valence-electron chi connectivity index (χ1n) is 5.62. The van der Waals surface area contributed by atoms with Gasteiger partial charge in [-0.1, -0.05) is 0 Å². The van der Waals surface area contributed by atoms with E-state index in [1.54, 1.807) is 0 Å². The second-order valence-corrected chi connectivity index (χ2v) is 6.13. The van der Waals surface area contributed by atoms with E-state index in [1.165, 1.54) is 42.7 Å². The van der Waals surface area contributed by atoms with E-state index in [0.29, 0.717) is 5.56 Å². The molecule has 0 radical (unpaired) electrons. The van der Waals surface area contributed by atoms with E-state index in [4.69, 9.17) is 15.0 Å². The number of hydrogen-bond acceptors (Lipinski definition) is 5. The molecule has 104 valence electrons. The van der Waals surface area contributed by atoms with Gasteiger partial charge in [-0.2, -0.15) is 0 Å². The standard InChI is InChI=1S/C13H12N2O4S/c14-20(19,12-5-9(8-16)6-15-7-12)11-3-1-10(2-4-11)13(17)18/h1-7,14,16H,8H2,(H,17,18). The zero-order valence-electron chi connectivity index (χ0n) is 10.3. The van der Waals surface area contributed by atoms with Crippen molar-refractivity contribution in [2.75, 3.05) is 0 Å². The molecule has 0 saturated heterocycles. The van der Waals surface area contributed by atoms with Crippen LogP contribution in [-0.2, 0) is 16.3 Å². The number of aliphatic hydroxyl groups is 1. The van der Waals surface area contributed by atoms with Crippen molar-refractivity contribution < 1.29 is 19.2 Å². The minimum Gasteiger partial charge on any atom is -0.478 e. The van der Waals surface area contributed by atoms with E-state index in [9.17, 15) is 9.00 Å². The van der Waals surface area contributed by atoms with Crippen LogP contribution in [0.3, 0.4) is 0 Å². The summed E-state index contributed by atoms with van der Waals surface area (Å²) in [4.78, 5) is 15.0. The summed E-state index contributed by atoms with van der Waals surface area (Å²) in [6, 6.07) is 6.76. The van der Waals surface area contributed by atoms with Crippen LogP contribution in [0.5, 0.6) is 0 Å². The Bertz CT molecular complexity index is 739. The largest absolute Gasteiger partial charge is 0.478 e. The first-order valence-corrected chi connectivity index (χ1v) is 7.18. The molecule has 20 heavy (non-hydrogen) atoms. The number of carboxylic acid groups (broad SMARTS) is 1. The predicted octanol–water partition coefficient (Wildman–Crippen LogP) is 1.74. The zero-order valence-corrected chi connectivity index (χ0v) is 11.1. The summed E-state index contributed by atoms with van der Waals surface area (Å²) in [6.07, 6.45) is 2.73. The molecule has 0 amide bonds. The monoisotopic (exact) mass is 292 g/mol. The molecular weight excluding hydrogens is 280 g/mol. The Morgan fingerprint density at radius 1 is 1.20 bits per heavy atom. The lowest BCUT2D eigenvalue weighted by molar-refractivity contribution is 0.0697. The highest BCUT2D eigenvalue weighted by molar-refractivity contribution is 7.92. The fourth-order valence-corrected chi connectivity index (χ4v) is 2.95. The predicted molar refractivity (Wildman–Crippen MR) is 71.0 cm³/mol. The van der Waals surface area contributed by atoms with E-state index < -0.39 is 15.7 Å². The molecule has 6 nitrogen and oxygen atoms in total. The Kier molecular flexibility index (Phi) is 3.82. The lowest BCUT2D eigenvalue weighted by Crippen LogP contribution is -2.03. The number of rotatable bonds is 4. The van der Waals surface area contributed by atoms with Gasteiger partial charge in [-0.15, -0.1) is 0 Å². The molecule has 0 aliphatic heterocycles. The van der Waals surface area contributed by atoms with Gasteiger partial charge in [-0.3, -0.25) is 4.98 Å². The van der Waals surface area contributed by atoms with Crippen molar-refractivity contribution in [3.8, 4) is 0 Å². The van der Waals surface area contributed by atoms with Crippen LogP contribution in [0.15, 0.2) is 52.5 Å². The summed E-state index contributed by atoms with van der Waals surface area (Å²) in [5, 5.41) is 17.8. The fraction of sp³-hybridized carbons (Fsp3) is 0.0769. The van der Waals surface area contributed by atoms with Crippen LogP contribution in [0, 0.1) is 4.78 Å². The summed E-state index contributed by atoms with van der Waals surface area (Å²) in [6.45, 7) is -0.256. The molecule has 0 aliphatic carbocycles. The first-order chi connectivity index (χ1) is 9.45. The minimum absolute atomic E-state index is 0.0613. The third-order valence-corrected chi connectivity index (χ3v) is 4.54. The molecule has 1 atom stereocenters. The van der Waals surface area contributed by atoms with Gasteiger partial charge in [-0.05, 0) is 35.9 Å². The zero-order chi connectivity index (χ0) is 14.8. The van der Waals surface area contributed by atoms with E-state index >= 15 is 0 Å². The topological polar surface area (TPSA) is 111 Å². The molecule has 3 N–H and O–H groups in total. The maximum absolute atomic E-state index is 12.5. The SMILES string of the molecule is N=S(=O)(c1ccc(C(=O)O)cc1)c1cncc(CO)c1. The minimum atomic E-state index is -3.28. The van der Waals surface area contributed by atoms with Crippen molar-refractivity contribution in [3.05, 3.63) is 53.9 Å². The third kappa shape index (κ3) is 2.68. The van der Waals surface area contributed by atoms with Crippen molar-refractivity contribution in [1.29, 1.82) is 4.78 Å². The van der Waals surface area contributed by atoms with Crippen molar-refractivity contribution in [1.82, 2.24) is 4.98 Å². The van der Waals surface area contributed by atoms with Crippen LogP contribution in [0.2, 0.25) is 0 Å². The van der Waals surface area contributed by atoms with Gasteiger partial charge in [-0.25, -0.2) is 13.8 Å². The second kappa shape index (κ2) is 5.40. The average molecular weight is 292 g/mol. The number of nitrogens with one attached hydrogen (secondary N) is 1. The van der Waals surface area contributed by atoms with Gasteiger partial charge in [0, 0.05) is 12.4 Å². The maximum atomic E-state index is 12.5. The lowest BCUT2D eigenvalue weighted by Gasteiger charge is -2.08.